The third kappa shape index (κ3) is 2.72. The van der Waals surface area contributed by atoms with Gasteiger partial charge in [0.15, 0.2) is 0 Å². The molecule has 0 aromatic heterocycles. The van der Waals surface area contributed by atoms with Crippen LogP contribution in [0.5, 0.6) is 5.75 Å². The standard InChI is InChI=1S/C14H21NO2/c1-11-6-7-14(9-11,10-16)15-12-4-3-5-13(8-12)17-2/h3-5,8,11,15-16H,6-7,9-10H2,1-2H3. The largest absolute Gasteiger partial charge is 0.497 e. The maximum atomic E-state index is 9.63. The number of ether oxygens (including phenoxy) is 1. The van der Waals surface area contributed by atoms with E-state index >= 15 is 0 Å². The lowest BCUT2D eigenvalue weighted by atomic mass is 9.97. The summed E-state index contributed by atoms with van der Waals surface area (Å²) in [5.41, 5.74) is 0.874. The summed E-state index contributed by atoms with van der Waals surface area (Å²) in [5, 5.41) is 13.1. The van der Waals surface area contributed by atoms with Gasteiger partial charge in [-0.3, -0.25) is 0 Å². The van der Waals surface area contributed by atoms with Gasteiger partial charge in [-0.05, 0) is 37.3 Å². The Kier molecular flexibility index (Phi) is 3.57. The van der Waals surface area contributed by atoms with Crippen LogP contribution in [-0.4, -0.2) is 24.4 Å². The molecule has 0 aliphatic heterocycles. The van der Waals surface area contributed by atoms with E-state index in [4.69, 9.17) is 4.74 Å². The lowest BCUT2D eigenvalue weighted by Gasteiger charge is -2.29. The molecule has 0 heterocycles. The van der Waals surface area contributed by atoms with Crippen LogP contribution in [0.1, 0.15) is 26.2 Å². The first-order valence-corrected chi connectivity index (χ1v) is 6.20. The normalized spacial score (nSPS) is 28.1. The lowest BCUT2D eigenvalue weighted by molar-refractivity contribution is 0.211. The van der Waals surface area contributed by atoms with E-state index in [9.17, 15) is 5.11 Å². The Morgan fingerprint density at radius 2 is 2.35 bits per heavy atom. The topological polar surface area (TPSA) is 41.5 Å². The second-order valence-electron chi connectivity index (χ2n) is 5.14. The van der Waals surface area contributed by atoms with Crippen LogP contribution in [0.25, 0.3) is 0 Å². The van der Waals surface area contributed by atoms with Gasteiger partial charge in [-0.15, -0.1) is 0 Å². The zero-order chi connectivity index (χ0) is 12.3. The van der Waals surface area contributed by atoms with Gasteiger partial charge >= 0.3 is 0 Å². The Labute approximate surface area is 103 Å². The summed E-state index contributed by atoms with van der Waals surface area (Å²) in [7, 11) is 1.67. The first-order valence-electron chi connectivity index (χ1n) is 6.20. The van der Waals surface area contributed by atoms with Crippen molar-refractivity contribution in [1.82, 2.24) is 0 Å². The number of aliphatic hydroxyl groups excluding tert-OH is 1. The van der Waals surface area contributed by atoms with E-state index in [0.717, 1.165) is 24.3 Å². The summed E-state index contributed by atoms with van der Waals surface area (Å²) in [6.45, 7) is 2.43. The molecular formula is C14H21NO2. The van der Waals surface area contributed by atoms with Crippen LogP contribution >= 0.6 is 0 Å². The van der Waals surface area contributed by atoms with E-state index in [1.807, 2.05) is 24.3 Å². The summed E-state index contributed by atoms with van der Waals surface area (Å²) >= 11 is 0. The molecule has 94 valence electrons. The van der Waals surface area contributed by atoms with Crippen LogP contribution in [0.2, 0.25) is 0 Å². The minimum absolute atomic E-state index is 0.147. The molecule has 1 aromatic rings. The highest BCUT2D eigenvalue weighted by molar-refractivity contribution is 5.50. The van der Waals surface area contributed by atoms with Crippen molar-refractivity contribution in [2.45, 2.75) is 31.7 Å². The van der Waals surface area contributed by atoms with E-state index in [1.54, 1.807) is 7.11 Å². The first-order chi connectivity index (χ1) is 8.17. The van der Waals surface area contributed by atoms with Gasteiger partial charge in [0.05, 0.1) is 19.3 Å². The number of hydrogen-bond acceptors (Lipinski definition) is 3. The third-order valence-electron chi connectivity index (χ3n) is 3.64. The molecule has 3 nitrogen and oxygen atoms in total. The Balaban J connectivity index is 2.12. The quantitative estimate of drug-likeness (QED) is 0.843. The molecule has 2 atom stereocenters. The van der Waals surface area contributed by atoms with E-state index in [0.29, 0.717) is 5.92 Å². The number of rotatable bonds is 4. The maximum absolute atomic E-state index is 9.63. The van der Waals surface area contributed by atoms with Crippen molar-refractivity contribution in [3.8, 4) is 5.75 Å². The van der Waals surface area contributed by atoms with Crippen LogP contribution in [0, 0.1) is 5.92 Å². The molecule has 0 radical (unpaired) electrons. The molecule has 1 saturated carbocycles. The SMILES string of the molecule is COc1cccc(NC2(CO)CCC(C)C2)c1. The van der Waals surface area contributed by atoms with E-state index in [-0.39, 0.29) is 12.1 Å². The highest BCUT2D eigenvalue weighted by atomic mass is 16.5. The van der Waals surface area contributed by atoms with Crippen molar-refractivity contribution in [1.29, 1.82) is 0 Å². The number of nitrogens with one attached hydrogen (secondary N) is 1. The first kappa shape index (κ1) is 12.2. The lowest BCUT2D eigenvalue weighted by Crippen LogP contribution is -2.39. The van der Waals surface area contributed by atoms with Crippen molar-refractivity contribution in [3.05, 3.63) is 24.3 Å². The van der Waals surface area contributed by atoms with Crippen molar-refractivity contribution in [3.63, 3.8) is 0 Å². The van der Waals surface area contributed by atoms with Crippen LogP contribution in [0.15, 0.2) is 24.3 Å². The Morgan fingerprint density at radius 1 is 1.53 bits per heavy atom. The van der Waals surface area contributed by atoms with Crippen molar-refractivity contribution in [2.24, 2.45) is 5.92 Å². The minimum atomic E-state index is -0.147. The molecule has 1 aromatic carbocycles. The average Bonchev–Trinajstić information content (AvgIpc) is 2.72. The van der Waals surface area contributed by atoms with Crippen LogP contribution in [0.3, 0.4) is 0 Å². The maximum Gasteiger partial charge on any atom is 0.120 e. The highest BCUT2D eigenvalue weighted by Crippen LogP contribution is 2.37. The molecular weight excluding hydrogens is 214 g/mol. The molecule has 2 N–H and O–H groups in total. The fraction of sp³-hybridized carbons (Fsp3) is 0.571. The van der Waals surface area contributed by atoms with Gasteiger partial charge in [0.25, 0.3) is 0 Å². The molecule has 2 unspecified atom stereocenters. The van der Waals surface area contributed by atoms with Gasteiger partial charge in [0, 0.05) is 11.8 Å². The predicted molar refractivity (Wildman–Crippen MR) is 69.4 cm³/mol. The van der Waals surface area contributed by atoms with Gasteiger partial charge < -0.3 is 15.2 Å². The van der Waals surface area contributed by atoms with Gasteiger partial charge in [0.1, 0.15) is 5.75 Å². The van der Waals surface area contributed by atoms with Crippen LogP contribution in [0.4, 0.5) is 5.69 Å². The second-order valence-corrected chi connectivity index (χ2v) is 5.14. The highest BCUT2D eigenvalue weighted by Gasteiger charge is 2.36. The van der Waals surface area contributed by atoms with Gasteiger partial charge in [-0.25, -0.2) is 0 Å². The number of hydrogen-bond donors (Lipinski definition) is 2. The summed E-state index contributed by atoms with van der Waals surface area (Å²) in [4.78, 5) is 0. The van der Waals surface area contributed by atoms with E-state index in [1.165, 1.54) is 6.42 Å². The summed E-state index contributed by atoms with van der Waals surface area (Å²) in [5.74, 6) is 1.52. The molecule has 17 heavy (non-hydrogen) atoms. The number of benzene rings is 1. The Hall–Kier alpha value is -1.22. The molecule has 0 bridgehead atoms. The second kappa shape index (κ2) is 4.96. The fourth-order valence-electron chi connectivity index (χ4n) is 2.70. The van der Waals surface area contributed by atoms with E-state index in [2.05, 4.69) is 12.2 Å². The molecule has 2 rings (SSSR count). The smallest absolute Gasteiger partial charge is 0.120 e. The Morgan fingerprint density at radius 3 is 2.94 bits per heavy atom. The van der Waals surface area contributed by atoms with Crippen LogP contribution in [-0.2, 0) is 0 Å². The molecule has 1 fully saturated rings. The summed E-state index contributed by atoms with van der Waals surface area (Å²) in [6.07, 6.45) is 3.24. The summed E-state index contributed by atoms with van der Waals surface area (Å²) < 4.78 is 5.20. The third-order valence-corrected chi connectivity index (χ3v) is 3.64. The molecule has 0 spiro atoms. The fourth-order valence-corrected chi connectivity index (χ4v) is 2.70. The average molecular weight is 235 g/mol. The van der Waals surface area contributed by atoms with Gasteiger partial charge in [0.2, 0.25) is 0 Å². The van der Waals surface area contributed by atoms with Crippen molar-refractivity contribution in [2.75, 3.05) is 19.0 Å². The number of anilines is 1. The van der Waals surface area contributed by atoms with Crippen molar-refractivity contribution >= 4 is 5.69 Å². The van der Waals surface area contributed by atoms with Gasteiger partial charge in [-0.2, -0.15) is 0 Å². The molecule has 1 aliphatic rings. The summed E-state index contributed by atoms with van der Waals surface area (Å²) in [6, 6.07) is 7.88. The molecule has 0 amide bonds. The van der Waals surface area contributed by atoms with Crippen molar-refractivity contribution < 1.29 is 9.84 Å². The van der Waals surface area contributed by atoms with Gasteiger partial charge in [-0.1, -0.05) is 13.0 Å². The zero-order valence-corrected chi connectivity index (χ0v) is 10.6. The molecule has 1 aliphatic carbocycles. The monoisotopic (exact) mass is 235 g/mol. The molecule has 0 saturated heterocycles. The number of methoxy groups -OCH3 is 1. The van der Waals surface area contributed by atoms with Crippen LogP contribution < -0.4 is 10.1 Å². The van der Waals surface area contributed by atoms with E-state index < -0.39 is 0 Å². The Bertz CT molecular complexity index is 380. The molecule has 3 heteroatoms. The number of aliphatic hydroxyl groups is 1. The zero-order valence-electron chi connectivity index (χ0n) is 10.6. The predicted octanol–water partition coefficient (Wildman–Crippen LogP) is 2.66. The minimum Gasteiger partial charge on any atom is -0.497 e.